The summed E-state index contributed by atoms with van der Waals surface area (Å²) in [5, 5.41) is 0.379. The van der Waals surface area contributed by atoms with Crippen molar-refractivity contribution in [3.05, 3.63) is 0 Å². The Hall–Kier alpha value is -0.0862. The van der Waals surface area contributed by atoms with Gasteiger partial charge in [0, 0.05) is 5.92 Å². The van der Waals surface area contributed by atoms with Gasteiger partial charge in [-0.25, -0.2) is 0 Å². The number of rotatable bonds is 6. The minimum Gasteiger partial charge on any atom is -0.414 e. The first kappa shape index (κ1) is 21.9. The Morgan fingerprint density at radius 1 is 0.909 bits per heavy atom. The standard InChI is InChI=1S/C18H38O2Si2/c1-13-15(2)16(20-22(11,12)18(6,7)8)14-19-21(9,10)17(3,4)5/h1,15-16H,14H2,2-12H3/t15-,16-/m0/s1. The summed E-state index contributed by atoms with van der Waals surface area (Å²) in [6, 6.07) is 0. The molecule has 0 saturated carbocycles. The lowest BCUT2D eigenvalue weighted by molar-refractivity contribution is 0.0840. The molecule has 0 N–H and O–H groups in total. The smallest absolute Gasteiger partial charge is 0.192 e. The largest absolute Gasteiger partial charge is 0.414 e. The molecule has 0 amide bonds. The maximum absolute atomic E-state index is 6.56. The molecule has 0 aromatic carbocycles. The quantitative estimate of drug-likeness (QED) is 0.457. The lowest BCUT2D eigenvalue weighted by Gasteiger charge is -2.42. The number of hydrogen-bond donors (Lipinski definition) is 0. The normalized spacial score (nSPS) is 17.0. The molecule has 0 bridgehead atoms. The Balaban J connectivity index is 5.10. The third-order valence-corrected chi connectivity index (χ3v) is 14.5. The Labute approximate surface area is 141 Å². The molecule has 0 heterocycles. The zero-order valence-corrected chi connectivity index (χ0v) is 18.8. The second-order valence-corrected chi connectivity index (χ2v) is 19.0. The lowest BCUT2D eigenvalue weighted by Crippen LogP contribution is -2.49. The first-order valence-corrected chi connectivity index (χ1v) is 14.1. The molecule has 4 heteroatoms. The van der Waals surface area contributed by atoms with Crippen LogP contribution in [0, 0.1) is 18.3 Å². The van der Waals surface area contributed by atoms with Gasteiger partial charge in [0.1, 0.15) is 0 Å². The van der Waals surface area contributed by atoms with E-state index in [4.69, 9.17) is 15.3 Å². The van der Waals surface area contributed by atoms with Crippen molar-refractivity contribution in [2.45, 2.75) is 90.8 Å². The Kier molecular flexibility index (Phi) is 7.18. The van der Waals surface area contributed by atoms with Crippen molar-refractivity contribution in [1.82, 2.24) is 0 Å². The molecular formula is C18H38O2Si2. The van der Waals surface area contributed by atoms with E-state index in [0.29, 0.717) is 6.61 Å². The summed E-state index contributed by atoms with van der Waals surface area (Å²) in [6.45, 7) is 25.3. The highest BCUT2D eigenvalue weighted by Gasteiger charge is 2.42. The van der Waals surface area contributed by atoms with Gasteiger partial charge in [-0.1, -0.05) is 41.5 Å². The van der Waals surface area contributed by atoms with Crippen molar-refractivity contribution in [2.24, 2.45) is 5.92 Å². The van der Waals surface area contributed by atoms with Crippen LogP contribution in [0.3, 0.4) is 0 Å². The van der Waals surface area contributed by atoms with Crippen molar-refractivity contribution >= 4 is 16.6 Å². The molecule has 0 aromatic rings. The van der Waals surface area contributed by atoms with Crippen LogP contribution in [0.15, 0.2) is 0 Å². The highest BCUT2D eigenvalue weighted by Crippen LogP contribution is 2.39. The Morgan fingerprint density at radius 2 is 1.32 bits per heavy atom. The van der Waals surface area contributed by atoms with Crippen molar-refractivity contribution in [3.63, 3.8) is 0 Å². The Bertz CT molecular complexity index is 395. The van der Waals surface area contributed by atoms with E-state index >= 15 is 0 Å². The molecule has 0 radical (unpaired) electrons. The van der Waals surface area contributed by atoms with Crippen molar-refractivity contribution in [1.29, 1.82) is 0 Å². The van der Waals surface area contributed by atoms with Crippen LogP contribution in [0.1, 0.15) is 48.5 Å². The zero-order chi connectivity index (χ0) is 18.0. The van der Waals surface area contributed by atoms with Gasteiger partial charge < -0.3 is 8.85 Å². The second kappa shape index (κ2) is 7.21. The molecular weight excluding hydrogens is 304 g/mol. The first-order valence-electron chi connectivity index (χ1n) is 8.33. The Morgan fingerprint density at radius 3 is 1.64 bits per heavy atom. The number of terminal acetylenes is 1. The summed E-state index contributed by atoms with van der Waals surface area (Å²) in [5.74, 6) is 2.92. The average molecular weight is 343 g/mol. The van der Waals surface area contributed by atoms with Gasteiger partial charge in [0.2, 0.25) is 0 Å². The maximum Gasteiger partial charge on any atom is 0.192 e. The van der Waals surface area contributed by atoms with E-state index < -0.39 is 16.6 Å². The van der Waals surface area contributed by atoms with Crippen LogP contribution in [0.25, 0.3) is 0 Å². The van der Waals surface area contributed by atoms with Crippen molar-refractivity contribution in [3.8, 4) is 12.3 Å². The summed E-state index contributed by atoms with van der Waals surface area (Å²) >= 11 is 0. The fourth-order valence-corrected chi connectivity index (χ4v) is 3.85. The molecule has 130 valence electrons. The molecule has 0 spiro atoms. The highest BCUT2D eigenvalue weighted by atomic mass is 28.4. The van der Waals surface area contributed by atoms with Crippen LogP contribution < -0.4 is 0 Å². The first-order chi connectivity index (χ1) is 9.55. The molecule has 0 unspecified atom stereocenters. The van der Waals surface area contributed by atoms with E-state index in [1.165, 1.54) is 0 Å². The van der Waals surface area contributed by atoms with E-state index in [-0.39, 0.29) is 22.1 Å². The zero-order valence-electron chi connectivity index (χ0n) is 16.8. The van der Waals surface area contributed by atoms with Crippen molar-refractivity contribution < 1.29 is 8.85 Å². The van der Waals surface area contributed by atoms with Gasteiger partial charge >= 0.3 is 0 Å². The molecule has 0 saturated heterocycles. The molecule has 2 nitrogen and oxygen atoms in total. The summed E-state index contributed by atoms with van der Waals surface area (Å²) in [7, 11) is -3.63. The van der Waals surface area contributed by atoms with Gasteiger partial charge in [0.05, 0.1) is 12.7 Å². The van der Waals surface area contributed by atoms with Gasteiger partial charge in [-0.05, 0) is 43.2 Å². The molecule has 0 rings (SSSR count). The van der Waals surface area contributed by atoms with Crippen LogP contribution in [-0.4, -0.2) is 29.3 Å². The van der Waals surface area contributed by atoms with Crippen LogP contribution >= 0.6 is 0 Å². The predicted molar refractivity (Wildman–Crippen MR) is 103 cm³/mol. The summed E-state index contributed by atoms with van der Waals surface area (Å²) in [4.78, 5) is 0. The topological polar surface area (TPSA) is 18.5 Å². The molecule has 0 aliphatic rings. The highest BCUT2D eigenvalue weighted by molar-refractivity contribution is 6.74. The van der Waals surface area contributed by atoms with Crippen LogP contribution in [-0.2, 0) is 8.85 Å². The summed E-state index contributed by atoms with van der Waals surface area (Å²) < 4.78 is 12.9. The van der Waals surface area contributed by atoms with Crippen molar-refractivity contribution in [2.75, 3.05) is 6.61 Å². The average Bonchev–Trinajstić information content (AvgIpc) is 2.30. The molecule has 2 atom stereocenters. The third kappa shape index (κ3) is 5.84. The number of hydrogen-bond acceptors (Lipinski definition) is 2. The lowest BCUT2D eigenvalue weighted by atomic mass is 10.1. The monoisotopic (exact) mass is 342 g/mol. The van der Waals surface area contributed by atoms with E-state index in [9.17, 15) is 0 Å². The summed E-state index contributed by atoms with van der Waals surface area (Å²) in [5.41, 5.74) is 0. The third-order valence-electron chi connectivity index (χ3n) is 5.49. The van der Waals surface area contributed by atoms with E-state index in [2.05, 4.69) is 80.6 Å². The van der Waals surface area contributed by atoms with Crippen LogP contribution in [0.2, 0.25) is 36.3 Å². The van der Waals surface area contributed by atoms with Gasteiger partial charge in [-0.2, -0.15) is 0 Å². The molecule has 0 fully saturated rings. The minimum absolute atomic E-state index is 0.0139. The van der Waals surface area contributed by atoms with Gasteiger partial charge in [0.25, 0.3) is 0 Å². The van der Waals surface area contributed by atoms with Gasteiger partial charge in [-0.3, -0.25) is 0 Å². The maximum atomic E-state index is 6.56. The molecule has 0 aliphatic carbocycles. The van der Waals surface area contributed by atoms with E-state index in [1.807, 2.05) is 0 Å². The van der Waals surface area contributed by atoms with Crippen LogP contribution in [0.4, 0.5) is 0 Å². The van der Waals surface area contributed by atoms with Gasteiger partial charge in [-0.15, -0.1) is 12.3 Å². The van der Waals surface area contributed by atoms with E-state index in [1.54, 1.807) is 0 Å². The predicted octanol–water partition coefficient (Wildman–Crippen LogP) is 5.67. The molecule has 22 heavy (non-hydrogen) atoms. The summed E-state index contributed by atoms with van der Waals surface area (Å²) in [6.07, 6.45) is 5.65. The van der Waals surface area contributed by atoms with Crippen LogP contribution in [0.5, 0.6) is 0 Å². The minimum atomic E-state index is -1.85. The SMILES string of the molecule is C#C[C@H](C)[C@H](CO[Si](C)(C)C(C)(C)C)O[Si](C)(C)C(C)(C)C. The second-order valence-electron chi connectivity index (χ2n) is 9.44. The molecule has 0 aromatic heterocycles. The molecule has 0 aliphatic heterocycles. The fourth-order valence-electron chi connectivity index (χ4n) is 1.45. The fraction of sp³-hybridized carbons (Fsp3) is 0.889. The van der Waals surface area contributed by atoms with Gasteiger partial charge in [0.15, 0.2) is 16.6 Å². The van der Waals surface area contributed by atoms with E-state index in [0.717, 1.165) is 0 Å².